The van der Waals surface area contributed by atoms with E-state index in [0.29, 0.717) is 23.2 Å². The van der Waals surface area contributed by atoms with E-state index in [4.69, 9.17) is 21.5 Å². The lowest BCUT2D eigenvalue weighted by atomic mass is 9.97. The molecule has 84 heavy (non-hydrogen) atoms. The number of hydrogen-bond acceptors (Lipinski definition) is 3. The average Bonchev–Trinajstić information content (AvgIpc) is 1.75. The highest BCUT2D eigenvalue weighted by atomic mass is 15.1. The van der Waals surface area contributed by atoms with E-state index in [1.54, 1.807) is 0 Å². The third-order valence-electron chi connectivity index (χ3n) is 16.8. The zero-order valence-corrected chi connectivity index (χ0v) is 45.1. The predicted molar refractivity (Wildman–Crippen MR) is 345 cm³/mol. The van der Waals surface area contributed by atoms with Gasteiger partial charge in [-0.15, -0.1) is 0 Å². The molecular weight excluding hydrogens is 1020 g/mol. The quantitative estimate of drug-likeness (QED) is 0.142. The number of rotatable bonds is 8. The van der Waals surface area contributed by atoms with Crippen molar-refractivity contribution in [1.82, 2.24) is 33.2 Å². The highest BCUT2D eigenvalue weighted by Crippen LogP contribution is 2.47. The van der Waals surface area contributed by atoms with Gasteiger partial charge in [0.05, 0.1) is 56.4 Å². The van der Waals surface area contributed by atoms with E-state index in [2.05, 4.69) is 235 Å². The number of nitrogens with zero attached hydrogens (tertiary/aromatic N) is 8. The minimum absolute atomic E-state index is 0.516. The van der Waals surface area contributed by atoms with Gasteiger partial charge in [-0.3, -0.25) is 0 Å². The maximum Gasteiger partial charge on any atom is 0.195 e. The Morgan fingerprint density at radius 2 is 0.690 bits per heavy atom. The van der Waals surface area contributed by atoms with Crippen molar-refractivity contribution in [2.45, 2.75) is 0 Å². The first kappa shape index (κ1) is 47.2. The van der Waals surface area contributed by atoms with Crippen LogP contribution < -0.4 is 0 Å². The van der Waals surface area contributed by atoms with Gasteiger partial charge in [-0.1, -0.05) is 188 Å². The molecule has 0 radical (unpaired) electrons. The number of para-hydroxylation sites is 6. The van der Waals surface area contributed by atoms with E-state index in [1.165, 1.54) is 21.5 Å². The molecule has 0 atom stereocenters. The van der Waals surface area contributed by atoms with Gasteiger partial charge >= 0.3 is 0 Å². The Balaban J connectivity index is 0.969. The van der Waals surface area contributed by atoms with E-state index in [-0.39, 0.29) is 0 Å². The standard InChI is InChI=1S/C76H46N8/c1-77-62-42-39-53(81-65-36-20-16-32-58(65)70-68(81)44-40-56-54-30-14-18-34-63(54)82(72(56)70)51-26-10-4-11-27-51)47-60(62)61-46-50(76-79-74(48-22-6-2-7-23-48)78-75(80-76)49-24-8-3-9-25-49)38-43-67(61)84-66-37-21-17-33-59(66)71-69(84)45-41-57-55-31-15-19-35-64(55)83(73(57)71)52-28-12-5-13-29-52/h2-47H. The lowest BCUT2D eigenvalue weighted by Gasteiger charge is -2.18. The van der Waals surface area contributed by atoms with Gasteiger partial charge in [0.1, 0.15) is 0 Å². The molecule has 17 aromatic rings. The third kappa shape index (κ3) is 7.09. The first-order valence-corrected chi connectivity index (χ1v) is 28.2. The fourth-order valence-electron chi connectivity index (χ4n) is 13.2. The van der Waals surface area contributed by atoms with Crippen molar-refractivity contribution >= 4 is 92.9 Å². The Morgan fingerprint density at radius 3 is 1.19 bits per heavy atom. The highest BCUT2D eigenvalue weighted by Gasteiger charge is 2.26. The maximum atomic E-state index is 8.98. The molecule has 5 heterocycles. The van der Waals surface area contributed by atoms with Gasteiger partial charge < -0.3 is 18.3 Å². The monoisotopic (exact) mass is 1070 g/mol. The molecule has 0 aliphatic heterocycles. The fraction of sp³-hybridized carbons (Fsp3) is 0. The maximum absolute atomic E-state index is 8.98. The SMILES string of the molecule is [C-]#[N+]c1ccc(-n2c3ccccc3c3c2ccc2c4ccccc4n(-c4ccccc4)c23)cc1-c1cc(-c2nc(-c3ccccc3)nc(-c3ccccc3)n2)ccc1-n1c2ccccc2c2c1ccc1c3ccccc3n(-c3ccccc3)c12. The number of hydrogen-bond donors (Lipinski definition) is 0. The molecule has 8 nitrogen and oxygen atoms in total. The van der Waals surface area contributed by atoms with E-state index >= 15 is 0 Å². The van der Waals surface area contributed by atoms with Crippen LogP contribution in [0.5, 0.6) is 0 Å². The van der Waals surface area contributed by atoms with E-state index in [0.717, 1.165) is 116 Å². The molecule has 12 aromatic carbocycles. The Bertz CT molecular complexity index is 5490. The molecule has 0 amide bonds. The molecule has 5 aromatic heterocycles. The Hall–Kier alpha value is -11.7. The smallest absolute Gasteiger partial charge is 0.195 e. The summed E-state index contributed by atoms with van der Waals surface area (Å²) in [5.74, 6) is 1.66. The van der Waals surface area contributed by atoms with Gasteiger partial charge in [-0.2, -0.15) is 0 Å². The van der Waals surface area contributed by atoms with E-state index in [1.807, 2.05) is 66.7 Å². The second-order valence-electron chi connectivity index (χ2n) is 21.4. The summed E-state index contributed by atoms with van der Waals surface area (Å²) in [6, 6.07) is 98.3. The summed E-state index contributed by atoms with van der Waals surface area (Å²) in [5.41, 5.74) is 17.5. The van der Waals surface area contributed by atoms with Crippen LogP contribution in [0.4, 0.5) is 5.69 Å². The van der Waals surface area contributed by atoms with Gasteiger partial charge in [0.15, 0.2) is 23.2 Å². The molecular formula is C76H46N8. The largest absolute Gasteiger partial charge is 0.309 e. The van der Waals surface area contributed by atoms with Crippen molar-refractivity contribution in [2.24, 2.45) is 0 Å². The van der Waals surface area contributed by atoms with Crippen LogP contribution in [-0.2, 0) is 0 Å². The van der Waals surface area contributed by atoms with Crippen molar-refractivity contribution in [1.29, 1.82) is 0 Å². The van der Waals surface area contributed by atoms with Gasteiger partial charge in [0.25, 0.3) is 0 Å². The van der Waals surface area contributed by atoms with Gasteiger partial charge in [-0.25, -0.2) is 19.8 Å². The summed E-state index contributed by atoms with van der Waals surface area (Å²) in [5, 5.41) is 9.30. The molecule has 0 fully saturated rings. The van der Waals surface area contributed by atoms with Crippen LogP contribution in [0.15, 0.2) is 279 Å². The normalized spacial score (nSPS) is 11.8. The van der Waals surface area contributed by atoms with Gasteiger partial charge in [-0.05, 0) is 102 Å². The summed E-state index contributed by atoms with van der Waals surface area (Å²) >= 11 is 0. The highest BCUT2D eigenvalue weighted by molar-refractivity contribution is 6.28. The fourth-order valence-corrected chi connectivity index (χ4v) is 13.2. The van der Waals surface area contributed by atoms with Crippen molar-refractivity contribution in [3.05, 3.63) is 290 Å². The van der Waals surface area contributed by atoms with E-state index < -0.39 is 0 Å². The van der Waals surface area contributed by atoms with Crippen LogP contribution in [0.3, 0.4) is 0 Å². The van der Waals surface area contributed by atoms with Crippen LogP contribution in [0.2, 0.25) is 0 Å². The van der Waals surface area contributed by atoms with Crippen LogP contribution >= 0.6 is 0 Å². The second kappa shape index (κ2) is 18.7. The minimum atomic E-state index is 0.516. The first-order valence-electron chi connectivity index (χ1n) is 28.2. The lowest BCUT2D eigenvalue weighted by Crippen LogP contribution is -2.02. The van der Waals surface area contributed by atoms with Crippen molar-refractivity contribution in [2.75, 3.05) is 0 Å². The van der Waals surface area contributed by atoms with E-state index in [9.17, 15) is 0 Å². The molecule has 0 N–H and O–H groups in total. The Kier molecular flexibility index (Phi) is 10.5. The van der Waals surface area contributed by atoms with Gasteiger partial charge in [0, 0.05) is 76.8 Å². The van der Waals surface area contributed by atoms with Crippen molar-refractivity contribution < 1.29 is 0 Å². The predicted octanol–water partition coefficient (Wildman–Crippen LogP) is 19.5. The van der Waals surface area contributed by atoms with Crippen LogP contribution in [0, 0.1) is 6.57 Å². The number of fused-ring (bicyclic) bond motifs is 14. The van der Waals surface area contributed by atoms with Crippen molar-refractivity contribution in [3.8, 4) is 68.0 Å². The third-order valence-corrected chi connectivity index (χ3v) is 16.8. The van der Waals surface area contributed by atoms with Crippen molar-refractivity contribution in [3.63, 3.8) is 0 Å². The molecule has 0 aliphatic carbocycles. The number of aromatic nitrogens is 7. The minimum Gasteiger partial charge on any atom is -0.309 e. The van der Waals surface area contributed by atoms with Crippen LogP contribution in [0.25, 0.3) is 160 Å². The summed E-state index contributed by atoms with van der Waals surface area (Å²) in [6.45, 7) is 8.98. The van der Waals surface area contributed by atoms with Crippen LogP contribution in [0.1, 0.15) is 0 Å². The molecule has 17 rings (SSSR count). The summed E-state index contributed by atoms with van der Waals surface area (Å²) in [7, 11) is 0. The first-order chi connectivity index (χ1) is 41.7. The zero-order chi connectivity index (χ0) is 55.4. The lowest BCUT2D eigenvalue weighted by molar-refractivity contribution is 1.07. The molecule has 0 bridgehead atoms. The van der Waals surface area contributed by atoms with Gasteiger partial charge in [0.2, 0.25) is 0 Å². The summed E-state index contributed by atoms with van der Waals surface area (Å²) in [6.07, 6.45) is 0. The average molecular weight is 1070 g/mol. The summed E-state index contributed by atoms with van der Waals surface area (Å²) < 4.78 is 9.61. The number of benzene rings is 12. The molecule has 390 valence electrons. The zero-order valence-electron chi connectivity index (χ0n) is 45.1. The second-order valence-corrected chi connectivity index (χ2v) is 21.4. The van der Waals surface area contributed by atoms with Crippen LogP contribution in [-0.4, -0.2) is 33.2 Å². The molecule has 8 heteroatoms. The molecule has 0 aliphatic rings. The topological polar surface area (TPSA) is 62.8 Å². The molecule has 0 unspecified atom stereocenters. The Morgan fingerprint density at radius 1 is 0.274 bits per heavy atom. The molecule has 0 saturated carbocycles. The molecule has 0 saturated heterocycles. The summed E-state index contributed by atoms with van der Waals surface area (Å²) in [4.78, 5) is 20.0. The Labute approximate surface area is 482 Å². The molecule has 0 spiro atoms.